The lowest BCUT2D eigenvalue weighted by molar-refractivity contribution is -0.387. The van der Waals surface area contributed by atoms with Gasteiger partial charge in [-0.3, -0.25) is 14.9 Å². The summed E-state index contributed by atoms with van der Waals surface area (Å²) in [5.74, 6) is -0.244. The standard InChI is InChI=1S/C12H14N2O5S2/c15-12(13-9-5-6-21(18,19)8-9)7-20-11-4-2-1-3-10(11)14(16)17/h1-4,9H,5-8H2,(H,13,15)/t9-/m1/s1. The first-order valence-electron chi connectivity index (χ1n) is 6.23. The third-order valence-corrected chi connectivity index (χ3v) is 5.85. The second-order valence-corrected chi connectivity index (χ2v) is 7.93. The van der Waals surface area contributed by atoms with Crippen molar-refractivity contribution in [1.82, 2.24) is 5.32 Å². The molecule has 1 fully saturated rings. The molecule has 0 unspecified atom stereocenters. The average Bonchev–Trinajstić information content (AvgIpc) is 2.75. The Balaban J connectivity index is 1.89. The van der Waals surface area contributed by atoms with Crippen molar-refractivity contribution in [3.8, 4) is 0 Å². The Morgan fingerprint density at radius 2 is 2.14 bits per heavy atom. The summed E-state index contributed by atoms with van der Waals surface area (Å²) in [6, 6.07) is 5.83. The number of para-hydroxylation sites is 1. The molecule has 1 aliphatic rings. The highest BCUT2D eigenvalue weighted by molar-refractivity contribution is 8.00. The number of carbonyl (C=O) groups excluding carboxylic acids is 1. The van der Waals surface area contributed by atoms with E-state index in [1.165, 1.54) is 6.07 Å². The van der Waals surface area contributed by atoms with Crippen LogP contribution in [0.1, 0.15) is 6.42 Å². The summed E-state index contributed by atoms with van der Waals surface area (Å²) in [5.41, 5.74) is -0.0428. The van der Waals surface area contributed by atoms with Gasteiger partial charge in [0.2, 0.25) is 5.91 Å². The van der Waals surface area contributed by atoms with Crippen molar-refractivity contribution in [3.05, 3.63) is 34.4 Å². The number of amides is 1. The smallest absolute Gasteiger partial charge is 0.282 e. The highest BCUT2D eigenvalue weighted by Gasteiger charge is 2.28. The molecular weight excluding hydrogens is 316 g/mol. The molecule has 1 aromatic carbocycles. The third-order valence-electron chi connectivity index (χ3n) is 3.02. The lowest BCUT2D eigenvalue weighted by atomic mass is 10.3. The molecule has 9 heteroatoms. The Hall–Kier alpha value is -1.61. The number of carbonyl (C=O) groups is 1. The maximum absolute atomic E-state index is 11.8. The molecule has 0 bridgehead atoms. The summed E-state index contributed by atoms with van der Waals surface area (Å²) in [7, 11) is -3.04. The summed E-state index contributed by atoms with van der Waals surface area (Å²) in [6.45, 7) is 0. The van der Waals surface area contributed by atoms with Gasteiger partial charge < -0.3 is 5.32 Å². The van der Waals surface area contributed by atoms with Gasteiger partial charge in [-0.05, 0) is 12.5 Å². The molecule has 1 atom stereocenters. The maximum Gasteiger partial charge on any atom is 0.282 e. The lowest BCUT2D eigenvalue weighted by Gasteiger charge is -2.10. The molecule has 1 saturated heterocycles. The minimum absolute atomic E-state index is 0.0153. The van der Waals surface area contributed by atoms with Crippen molar-refractivity contribution in [2.24, 2.45) is 0 Å². The van der Waals surface area contributed by atoms with Gasteiger partial charge >= 0.3 is 0 Å². The number of nitrogens with zero attached hydrogens (tertiary/aromatic N) is 1. The molecule has 0 saturated carbocycles. The van der Waals surface area contributed by atoms with E-state index >= 15 is 0 Å². The van der Waals surface area contributed by atoms with Crippen LogP contribution in [0.15, 0.2) is 29.2 Å². The molecule has 7 nitrogen and oxygen atoms in total. The van der Waals surface area contributed by atoms with E-state index in [4.69, 9.17) is 0 Å². The quantitative estimate of drug-likeness (QED) is 0.490. The van der Waals surface area contributed by atoms with Crippen LogP contribution < -0.4 is 5.32 Å². The number of hydrogen-bond acceptors (Lipinski definition) is 6. The minimum Gasteiger partial charge on any atom is -0.352 e. The van der Waals surface area contributed by atoms with Crippen molar-refractivity contribution in [2.45, 2.75) is 17.4 Å². The Bertz CT molecular complexity index is 659. The highest BCUT2D eigenvalue weighted by Crippen LogP contribution is 2.28. The first-order valence-corrected chi connectivity index (χ1v) is 9.04. The largest absolute Gasteiger partial charge is 0.352 e. The number of nitro groups is 1. The lowest BCUT2D eigenvalue weighted by Crippen LogP contribution is -2.36. The van der Waals surface area contributed by atoms with Gasteiger partial charge in [-0.15, -0.1) is 11.8 Å². The number of hydrogen-bond donors (Lipinski definition) is 1. The van der Waals surface area contributed by atoms with Crippen LogP contribution in [-0.4, -0.2) is 42.5 Å². The van der Waals surface area contributed by atoms with E-state index in [2.05, 4.69) is 5.32 Å². The van der Waals surface area contributed by atoms with Crippen molar-refractivity contribution >= 4 is 33.2 Å². The summed E-state index contributed by atoms with van der Waals surface area (Å²) in [6.07, 6.45) is 0.421. The van der Waals surface area contributed by atoms with Crippen LogP contribution in [-0.2, 0) is 14.6 Å². The monoisotopic (exact) mass is 330 g/mol. The molecule has 2 rings (SSSR count). The summed E-state index contributed by atoms with van der Waals surface area (Å²) in [5, 5.41) is 13.5. The van der Waals surface area contributed by atoms with Crippen molar-refractivity contribution in [1.29, 1.82) is 0 Å². The maximum atomic E-state index is 11.8. The van der Waals surface area contributed by atoms with Gasteiger partial charge in [0.25, 0.3) is 5.69 Å². The van der Waals surface area contributed by atoms with E-state index in [0.717, 1.165) is 11.8 Å². The van der Waals surface area contributed by atoms with Crippen LogP contribution in [0.3, 0.4) is 0 Å². The summed E-state index contributed by atoms with van der Waals surface area (Å²) in [4.78, 5) is 22.5. The first kappa shape index (κ1) is 15.8. The molecule has 114 valence electrons. The number of nitro benzene ring substituents is 1. The SMILES string of the molecule is O=C(CSc1ccccc1[N+](=O)[O-])N[C@@H]1CCS(=O)(=O)C1. The molecule has 0 aromatic heterocycles. The Kier molecular flexibility index (Phi) is 4.84. The highest BCUT2D eigenvalue weighted by atomic mass is 32.2. The second-order valence-electron chi connectivity index (χ2n) is 4.68. The first-order chi connectivity index (χ1) is 9.87. The van der Waals surface area contributed by atoms with Crippen LogP contribution in [0.5, 0.6) is 0 Å². The Morgan fingerprint density at radius 3 is 2.76 bits per heavy atom. The van der Waals surface area contributed by atoms with Gasteiger partial charge in [0.1, 0.15) is 0 Å². The third kappa shape index (κ3) is 4.43. The van der Waals surface area contributed by atoms with Crippen LogP contribution in [0, 0.1) is 10.1 Å². The molecule has 0 spiro atoms. The number of nitrogens with one attached hydrogen (secondary N) is 1. The fourth-order valence-electron chi connectivity index (χ4n) is 2.05. The van der Waals surface area contributed by atoms with E-state index < -0.39 is 14.8 Å². The van der Waals surface area contributed by atoms with Crippen LogP contribution in [0.4, 0.5) is 5.69 Å². The van der Waals surface area contributed by atoms with Gasteiger partial charge in [-0.25, -0.2) is 8.42 Å². The van der Waals surface area contributed by atoms with E-state index in [9.17, 15) is 23.3 Å². The molecule has 1 heterocycles. The van der Waals surface area contributed by atoms with E-state index in [0.29, 0.717) is 11.3 Å². The van der Waals surface area contributed by atoms with Gasteiger partial charge in [0.15, 0.2) is 9.84 Å². The van der Waals surface area contributed by atoms with Gasteiger partial charge in [-0.2, -0.15) is 0 Å². The van der Waals surface area contributed by atoms with Gasteiger partial charge in [0, 0.05) is 12.1 Å². The summed E-state index contributed by atoms with van der Waals surface area (Å²) < 4.78 is 22.6. The zero-order chi connectivity index (χ0) is 15.5. The molecular formula is C12H14N2O5S2. The fourth-order valence-corrected chi connectivity index (χ4v) is 4.56. The van der Waals surface area contributed by atoms with Gasteiger partial charge in [0.05, 0.1) is 27.1 Å². The Morgan fingerprint density at radius 1 is 1.43 bits per heavy atom. The zero-order valence-electron chi connectivity index (χ0n) is 11.0. The van der Waals surface area contributed by atoms with Crippen molar-refractivity contribution < 1.29 is 18.1 Å². The predicted octanol–water partition coefficient (Wildman–Crippen LogP) is 0.990. The predicted molar refractivity (Wildman–Crippen MR) is 79.0 cm³/mol. The van der Waals surface area contributed by atoms with Crippen molar-refractivity contribution in [3.63, 3.8) is 0 Å². The van der Waals surface area contributed by atoms with Gasteiger partial charge in [-0.1, -0.05) is 12.1 Å². The Labute approximate surface area is 126 Å². The normalized spacial score (nSPS) is 20.1. The topological polar surface area (TPSA) is 106 Å². The van der Waals surface area contributed by atoms with E-state index in [-0.39, 0.29) is 34.9 Å². The molecule has 1 amide bonds. The molecule has 1 N–H and O–H groups in total. The number of thioether (sulfide) groups is 1. The molecule has 1 aliphatic heterocycles. The minimum atomic E-state index is -3.04. The van der Waals surface area contributed by atoms with Crippen LogP contribution in [0.25, 0.3) is 0 Å². The van der Waals surface area contributed by atoms with Crippen molar-refractivity contribution in [2.75, 3.05) is 17.3 Å². The van der Waals surface area contributed by atoms with Crippen LogP contribution >= 0.6 is 11.8 Å². The number of benzene rings is 1. The van der Waals surface area contributed by atoms with E-state index in [1.807, 2.05) is 0 Å². The second kappa shape index (κ2) is 6.44. The van der Waals surface area contributed by atoms with Crippen LogP contribution in [0.2, 0.25) is 0 Å². The average molecular weight is 330 g/mol. The summed E-state index contributed by atoms with van der Waals surface area (Å²) >= 11 is 1.06. The molecule has 1 aromatic rings. The fraction of sp³-hybridized carbons (Fsp3) is 0.417. The zero-order valence-corrected chi connectivity index (χ0v) is 12.7. The molecule has 0 radical (unpaired) electrons. The number of sulfone groups is 1. The molecule has 21 heavy (non-hydrogen) atoms. The van der Waals surface area contributed by atoms with E-state index in [1.54, 1.807) is 18.2 Å². The number of rotatable bonds is 5. The molecule has 0 aliphatic carbocycles.